The van der Waals surface area contributed by atoms with Gasteiger partial charge >= 0.3 is 26.3 Å². The average Bonchev–Trinajstić information content (AvgIpc) is 1.90. The molecule has 0 aliphatic rings. The van der Waals surface area contributed by atoms with Crippen LogP contribution in [0.4, 0.5) is 0 Å². The van der Waals surface area contributed by atoms with Gasteiger partial charge in [0.2, 0.25) is 0 Å². The minimum atomic E-state index is -1.73. The van der Waals surface area contributed by atoms with E-state index in [1.165, 1.54) is 0 Å². The first-order valence-electron chi connectivity index (χ1n) is 3.69. The molecule has 0 aromatic heterocycles. The van der Waals surface area contributed by atoms with E-state index < -0.39 is 9.53 Å². The Morgan fingerprint density at radius 3 is 1.27 bits per heavy atom. The van der Waals surface area contributed by atoms with E-state index in [1.807, 2.05) is 20.8 Å². The first-order valence-corrected chi connectivity index (χ1v) is 5.11. The molecular formula is C6H16CoO3Si+3. The van der Waals surface area contributed by atoms with Crippen LogP contribution in [0.15, 0.2) is 0 Å². The molecule has 0 saturated carbocycles. The predicted octanol–water partition coefficient (Wildman–Crippen LogP) is 0.811. The summed E-state index contributed by atoms with van der Waals surface area (Å²) in [4.78, 5) is 0. The van der Waals surface area contributed by atoms with E-state index in [0.717, 1.165) is 0 Å². The molecule has 3 nitrogen and oxygen atoms in total. The third kappa shape index (κ3) is 8.51. The van der Waals surface area contributed by atoms with Gasteiger partial charge in [-0.1, -0.05) is 0 Å². The summed E-state index contributed by atoms with van der Waals surface area (Å²) in [6, 6.07) is 0. The van der Waals surface area contributed by atoms with E-state index in [0.29, 0.717) is 19.8 Å². The minimum absolute atomic E-state index is 0. The Bertz CT molecular complexity index is 60.6. The summed E-state index contributed by atoms with van der Waals surface area (Å²) < 4.78 is 15.7. The predicted molar refractivity (Wildman–Crippen MR) is 42.0 cm³/mol. The summed E-state index contributed by atoms with van der Waals surface area (Å²) in [6.07, 6.45) is 0. The van der Waals surface area contributed by atoms with Crippen molar-refractivity contribution in [1.29, 1.82) is 0 Å². The smallest absolute Gasteiger partial charge is 0.376 e. The molecule has 68 valence electrons. The van der Waals surface area contributed by atoms with E-state index in [4.69, 9.17) is 13.3 Å². The van der Waals surface area contributed by atoms with Crippen LogP contribution in [0.5, 0.6) is 0 Å². The van der Waals surface area contributed by atoms with Gasteiger partial charge in [-0.2, -0.15) is 0 Å². The van der Waals surface area contributed by atoms with E-state index in [2.05, 4.69) is 0 Å². The van der Waals surface area contributed by atoms with Crippen LogP contribution in [0.25, 0.3) is 0 Å². The zero-order valence-electron chi connectivity index (χ0n) is 7.26. The van der Waals surface area contributed by atoms with Gasteiger partial charge in [-0.3, -0.25) is 0 Å². The molecule has 11 heavy (non-hydrogen) atoms. The molecule has 0 aliphatic heterocycles. The van der Waals surface area contributed by atoms with Crippen LogP contribution in [-0.4, -0.2) is 29.3 Å². The second kappa shape index (κ2) is 10.6. The molecule has 0 aliphatic carbocycles. The summed E-state index contributed by atoms with van der Waals surface area (Å²) in [5.41, 5.74) is 0. The van der Waals surface area contributed by atoms with Crippen molar-refractivity contribution < 1.29 is 30.1 Å². The van der Waals surface area contributed by atoms with Gasteiger partial charge in [-0.05, 0) is 20.8 Å². The number of rotatable bonds is 6. The Labute approximate surface area is 80.6 Å². The first-order chi connectivity index (χ1) is 4.85. The molecule has 0 saturated heterocycles. The SMILES string of the molecule is CCO[SiH](OCC)OCC.[Co+3]. The largest absolute Gasteiger partial charge is 3.00 e. The Morgan fingerprint density at radius 1 is 0.818 bits per heavy atom. The van der Waals surface area contributed by atoms with Gasteiger partial charge in [0.1, 0.15) is 0 Å². The maximum absolute atomic E-state index is 5.22. The summed E-state index contributed by atoms with van der Waals surface area (Å²) in [6.45, 7) is 7.86. The fourth-order valence-electron chi connectivity index (χ4n) is 0.553. The van der Waals surface area contributed by atoms with Crippen LogP contribution in [0, 0.1) is 0 Å². The zero-order chi connectivity index (χ0) is 7.82. The molecule has 0 heterocycles. The van der Waals surface area contributed by atoms with Crippen LogP contribution in [-0.2, 0) is 30.1 Å². The van der Waals surface area contributed by atoms with Crippen molar-refractivity contribution in [2.75, 3.05) is 19.8 Å². The summed E-state index contributed by atoms with van der Waals surface area (Å²) in [5.74, 6) is 0. The van der Waals surface area contributed by atoms with Crippen molar-refractivity contribution in [3.05, 3.63) is 0 Å². The van der Waals surface area contributed by atoms with Gasteiger partial charge < -0.3 is 13.3 Å². The van der Waals surface area contributed by atoms with Gasteiger partial charge in [0, 0.05) is 19.8 Å². The van der Waals surface area contributed by atoms with Crippen molar-refractivity contribution in [3.8, 4) is 0 Å². The standard InChI is InChI=1S/C6H16O3Si.Co/c1-4-7-10(8-5-2)9-6-3;/h10H,4-6H2,1-3H3;/q;+3. The monoisotopic (exact) mass is 223 g/mol. The summed E-state index contributed by atoms with van der Waals surface area (Å²) in [7, 11) is -1.73. The van der Waals surface area contributed by atoms with Gasteiger partial charge in [0.25, 0.3) is 0 Å². The molecule has 0 fully saturated rings. The molecule has 0 atom stereocenters. The van der Waals surface area contributed by atoms with Crippen molar-refractivity contribution in [3.63, 3.8) is 0 Å². The molecule has 0 amide bonds. The molecule has 0 rings (SSSR count). The fourth-order valence-corrected chi connectivity index (χ4v) is 1.66. The Morgan fingerprint density at radius 2 is 1.09 bits per heavy atom. The Balaban J connectivity index is 0. The third-order valence-electron chi connectivity index (χ3n) is 0.908. The summed E-state index contributed by atoms with van der Waals surface area (Å²) in [5, 5.41) is 0. The van der Waals surface area contributed by atoms with E-state index in [9.17, 15) is 0 Å². The van der Waals surface area contributed by atoms with E-state index >= 15 is 0 Å². The number of hydrogen-bond acceptors (Lipinski definition) is 3. The van der Waals surface area contributed by atoms with Gasteiger partial charge in [-0.15, -0.1) is 0 Å². The topological polar surface area (TPSA) is 27.7 Å². The van der Waals surface area contributed by atoms with Crippen LogP contribution in [0.3, 0.4) is 0 Å². The van der Waals surface area contributed by atoms with Crippen LogP contribution in [0.2, 0.25) is 0 Å². The Hall–Kier alpha value is 0.603. The number of hydrogen-bond donors (Lipinski definition) is 0. The summed E-state index contributed by atoms with van der Waals surface area (Å²) >= 11 is 0. The maximum Gasteiger partial charge on any atom is 3.00 e. The zero-order valence-corrected chi connectivity index (χ0v) is 9.45. The fraction of sp³-hybridized carbons (Fsp3) is 1.00. The van der Waals surface area contributed by atoms with Gasteiger partial charge in [0.15, 0.2) is 0 Å². The van der Waals surface area contributed by atoms with Crippen molar-refractivity contribution >= 4 is 9.53 Å². The Kier molecular flexibility index (Phi) is 13.6. The van der Waals surface area contributed by atoms with Gasteiger partial charge in [0.05, 0.1) is 0 Å². The molecule has 0 aromatic carbocycles. The van der Waals surface area contributed by atoms with Crippen molar-refractivity contribution in [2.45, 2.75) is 20.8 Å². The maximum atomic E-state index is 5.22. The molecule has 0 bridgehead atoms. The third-order valence-corrected chi connectivity index (χ3v) is 2.72. The van der Waals surface area contributed by atoms with Crippen LogP contribution >= 0.6 is 0 Å². The first kappa shape index (κ1) is 14.1. The molecule has 0 aromatic rings. The molecule has 0 spiro atoms. The second-order valence-electron chi connectivity index (χ2n) is 1.65. The van der Waals surface area contributed by atoms with Crippen LogP contribution < -0.4 is 0 Å². The quantitative estimate of drug-likeness (QED) is 0.624. The molecule has 5 heteroatoms. The second-order valence-corrected chi connectivity index (χ2v) is 3.23. The molecule has 0 N–H and O–H groups in total. The van der Waals surface area contributed by atoms with Crippen molar-refractivity contribution in [2.24, 2.45) is 0 Å². The molecular weight excluding hydrogens is 207 g/mol. The minimum Gasteiger partial charge on any atom is -0.376 e. The van der Waals surface area contributed by atoms with Crippen LogP contribution in [0.1, 0.15) is 20.8 Å². The average molecular weight is 223 g/mol. The van der Waals surface area contributed by atoms with Crippen molar-refractivity contribution in [1.82, 2.24) is 0 Å². The van der Waals surface area contributed by atoms with E-state index in [1.54, 1.807) is 0 Å². The van der Waals surface area contributed by atoms with Gasteiger partial charge in [-0.25, -0.2) is 0 Å². The molecule has 0 unspecified atom stereocenters. The normalized spacial score (nSPS) is 9.82. The van der Waals surface area contributed by atoms with E-state index in [-0.39, 0.29) is 16.8 Å². The molecule has 0 radical (unpaired) electrons.